The number of nitrogens with zero attached hydrogens (tertiary/aromatic N) is 2. The van der Waals surface area contributed by atoms with Crippen LogP contribution in [0, 0.1) is 0 Å². The summed E-state index contributed by atoms with van der Waals surface area (Å²) >= 11 is 0. The van der Waals surface area contributed by atoms with Gasteiger partial charge in [0.05, 0.1) is 12.0 Å². The number of methoxy groups -OCH3 is 1. The molecule has 0 saturated heterocycles. The standard InChI is InChI=1S/C17H14F3N3O3S/c1-26-13-6-2-11(3-7-13)16-22-15(17(18,19)20)10-23(16)12-4-8-14(9-5-12)27(21,24)25/h2-10H,1H3,(H2,21,24,25). The molecule has 1 aromatic heterocycles. The molecule has 0 aliphatic heterocycles. The Morgan fingerprint density at radius 3 is 2.11 bits per heavy atom. The molecule has 27 heavy (non-hydrogen) atoms. The van der Waals surface area contributed by atoms with E-state index in [1.807, 2.05) is 0 Å². The molecule has 0 amide bonds. The van der Waals surface area contributed by atoms with Crippen LogP contribution < -0.4 is 9.88 Å². The van der Waals surface area contributed by atoms with Crippen molar-refractivity contribution in [3.05, 3.63) is 60.4 Å². The van der Waals surface area contributed by atoms with Gasteiger partial charge in [-0.25, -0.2) is 18.5 Å². The van der Waals surface area contributed by atoms with Crippen molar-refractivity contribution >= 4 is 10.0 Å². The Hall–Kier alpha value is -2.85. The molecule has 2 N–H and O–H groups in total. The molecule has 2 aromatic carbocycles. The maximum Gasteiger partial charge on any atom is 0.434 e. The van der Waals surface area contributed by atoms with Gasteiger partial charge in [-0.05, 0) is 48.5 Å². The minimum Gasteiger partial charge on any atom is -0.497 e. The first-order chi connectivity index (χ1) is 12.6. The Morgan fingerprint density at radius 2 is 1.63 bits per heavy atom. The molecule has 0 fully saturated rings. The van der Waals surface area contributed by atoms with Crippen molar-refractivity contribution in [2.75, 3.05) is 7.11 Å². The number of benzene rings is 2. The Bertz CT molecular complexity index is 1060. The first-order valence-electron chi connectivity index (χ1n) is 7.54. The van der Waals surface area contributed by atoms with Gasteiger partial charge in [0.15, 0.2) is 5.69 Å². The van der Waals surface area contributed by atoms with Crippen LogP contribution in [0.25, 0.3) is 17.1 Å². The number of rotatable bonds is 4. The number of alkyl halides is 3. The van der Waals surface area contributed by atoms with Crippen LogP contribution in [0.1, 0.15) is 5.69 Å². The van der Waals surface area contributed by atoms with E-state index in [9.17, 15) is 21.6 Å². The zero-order valence-corrected chi connectivity index (χ0v) is 14.8. The first kappa shape index (κ1) is 18.9. The number of halogens is 3. The molecule has 0 radical (unpaired) electrons. The predicted molar refractivity (Wildman–Crippen MR) is 91.9 cm³/mol. The molecule has 0 unspecified atom stereocenters. The normalized spacial score (nSPS) is 12.2. The lowest BCUT2D eigenvalue weighted by Crippen LogP contribution is -2.12. The van der Waals surface area contributed by atoms with Gasteiger partial charge in [0.2, 0.25) is 10.0 Å². The molecule has 0 saturated carbocycles. The van der Waals surface area contributed by atoms with E-state index in [1.54, 1.807) is 24.3 Å². The van der Waals surface area contributed by atoms with Crippen molar-refractivity contribution in [3.8, 4) is 22.8 Å². The van der Waals surface area contributed by atoms with E-state index >= 15 is 0 Å². The van der Waals surface area contributed by atoms with Crippen molar-refractivity contribution in [2.24, 2.45) is 5.14 Å². The summed E-state index contributed by atoms with van der Waals surface area (Å²) in [4.78, 5) is 3.56. The summed E-state index contributed by atoms with van der Waals surface area (Å²) in [6.45, 7) is 0. The van der Waals surface area contributed by atoms with Crippen LogP contribution in [0.3, 0.4) is 0 Å². The Morgan fingerprint density at radius 1 is 1.04 bits per heavy atom. The molecule has 0 aliphatic carbocycles. The van der Waals surface area contributed by atoms with Crippen LogP contribution in [0.4, 0.5) is 13.2 Å². The summed E-state index contributed by atoms with van der Waals surface area (Å²) in [5.74, 6) is 0.596. The monoisotopic (exact) mass is 397 g/mol. The fourth-order valence-electron chi connectivity index (χ4n) is 2.45. The third kappa shape index (κ3) is 3.96. The third-order valence-electron chi connectivity index (χ3n) is 3.79. The summed E-state index contributed by atoms with van der Waals surface area (Å²) < 4.78 is 68.5. The number of sulfonamides is 1. The maximum absolute atomic E-state index is 13.2. The average Bonchev–Trinajstić information content (AvgIpc) is 3.07. The lowest BCUT2D eigenvalue weighted by molar-refractivity contribution is -0.140. The summed E-state index contributed by atoms with van der Waals surface area (Å²) in [6.07, 6.45) is -3.78. The van der Waals surface area contributed by atoms with Gasteiger partial charge in [0.25, 0.3) is 0 Å². The van der Waals surface area contributed by atoms with Crippen LogP contribution in [0.15, 0.2) is 59.6 Å². The summed E-state index contributed by atoms with van der Waals surface area (Å²) in [7, 11) is -2.43. The number of nitrogens with two attached hydrogens (primary N) is 1. The van der Waals surface area contributed by atoms with Gasteiger partial charge in [-0.1, -0.05) is 0 Å². The molecule has 142 valence electrons. The average molecular weight is 397 g/mol. The fourth-order valence-corrected chi connectivity index (χ4v) is 2.97. The molecule has 3 rings (SSSR count). The maximum atomic E-state index is 13.2. The smallest absolute Gasteiger partial charge is 0.434 e. The largest absolute Gasteiger partial charge is 0.497 e. The highest BCUT2D eigenvalue weighted by molar-refractivity contribution is 7.89. The SMILES string of the molecule is COc1ccc(-c2nc(C(F)(F)F)cn2-c2ccc(S(N)(=O)=O)cc2)cc1. The van der Waals surface area contributed by atoms with Gasteiger partial charge < -0.3 is 4.74 Å². The second-order valence-corrected chi connectivity index (χ2v) is 7.15. The minimum absolute atomic E-state index is 0.0494. The molecule has 1 heterocycles. The van der Waals surface area contributed by atoms with E-state index < -0.39 is 21.9 Å². The van der Waals surface area contributed by atoms with Crippen LogP contribution in [-0.2, 0) is 16.2 Å². The van der Waals surface area contributed by atoms with Crippen molar-refractivity contribution in [1.29, 1.82) is 0 Å². The van der Waals surface area contributed by atoms with E-state index in [1.165, 1.54) is 35.9 Å². The number of imidazole rings is 1. The Labute approximate surface area is 153 Å². The van der Waals surface area contributed by atoms with E-state index in [0.29, 0.717) is 17.0 Å². The number of hydrogen-bond donors (Lipinski definition) is 1. The molecule has 0 spiro atoms. The predicted octanol–water partition coefficient (Wildman–Crippen LogP) is 3.21. The third-order valence-corrected chi connectivity index (χ3v) is 4.72. The number of ether oxygens (including phenoxy) is 1. The molecule has 10 heteroatoms. The van der Waals surface area contributed by atoms with Crippen molar-refractivity contribution in [3.63, 3.8) is 0 Å². The lowest BCUT2D eigenvalue weighted by Gasteiger charge is -2.09. The van der Waals surface area contributed by atoms with Crippen LogP contribution in [0.5, 0.6) is 5.75 Å². The summed E-state index contributed by atoms with van der Waals surface area (Å²) in [5.41, 5.74) is -0.332. The zero-order chi connectivity index (χ0) is 19.8. The second-order valence-electron chi connectivity index (χ2n) is 5.58. The van der Waals surface area contributed by atoms with E-state index in [2.05, 4.69) is 4.98 Å². The Kier molecular flexibility index (Phi) is 4.70. The highest BCUT2D eigenvalue weighted by Crippen LogP contribution is 2.33. The quantitative estimate of drug-likeness (QED) is 0.732. The number of aromatic nitrogens is 2. The summed E-state index contributed by atoms with van der Waals surface area (Å²) in [6, 6.07) is 11.5. The van der Waals surface area contributed by atoms with Gasteiger partial charge in [-0.3, -0.25) is 4.57 Å². The Balaban J connectivity index is 2.14. The van der Waals surface area contributed by atoms with Gasteiger partial charge >= 0.3 is 6.18 Å². The van der Waals surface area contributed by atoms with Gasteiger partial charge in [-0.15, -0.1) is 0 Å². The first-order valence-corrected chi connectivity index (χ1v) is 9.08. The van der Waals surface area contributed by atoms with E-state index in [-0.39, 0.29) is 10.7 Å². The lowest BCUT2D eigenvalue weighted by atomic mass is 10.2. The molecule has 0 atom stereocenters. The van der Waals surface area contributed by atoms with Gasteiger partial charge in [-0.2, -0.15) is 13.2 Å². The topological polar surface area (TPSA) is 87.2 Å². The van der Waals surface area contributed by atoms with Crippen LogP contribution in [-0.4, -0.2) is 25.1 Å². The molecular weight excluding hydrogens is 383 g/mol. The van der Waals surface area contributed by atoms with Crippen molar-refractivity contribution in [2.45, 2.75) is 11.1 Å². The number of primary sulfonamides is 1. The minimum atomic E-state index is -4.63. The van der Waals surface area contributed by atoms with Crippen LogP contribution >= 0.6 is 0 Å². The van der Waals surface area contributed by atoms with Gasteiger partial charge in [0.1, 0.15) is 11.6 Å². The van der Waals surface area contributed by atoms with Crippen molar-refractivity contribution in [1.82, 2.24) is 9.55 Å². The fraction of sp³-hybridized carbons (Fsp3) is 0.118. The van der Waals surface area contributed by atoms with Gasteiger partial charge in [0, 0.05) is 17.4 Å². The van der Waals surface area contributed by atoms with Crippen LogP contribution in [0.2, 0.25) is 0 Å². The van der Waals surface area contributed by atoms with E-state index in [0.717, 1.165) is 6.20 Å². The highest BCUT2D eigenvalue weighted by Gasteiger charge is 2.35. The van der Waals surface area contributed by atoms with Crippen molar-refractivity contribution < 1.29 is 26.3 Å². The molecule has 0 aliphatic rings. The zero-order valence-electron chi connectivity index (χ0n) is 13.9. The molecule has 0 bridgehead atoms. The summed E-state index contributed by atoms with van der Waals surface area (Å²) in [5, 5.41) is 5.05. The highest BCUT2D eigenvalue weighted by atomic mass is 32.2. The van der Waals surface area contributed by atoms with E-state index in [4.69, 9.17) is 9.88 Å². The molecular formula is C17H14F3N3O3S. The molecule has 3 aromatic rings. The molecule has 6 nitrogen and oxygen atoms in total. The second kappa shape index (κ2) is 6.71. The number of hydrogen-bond acceptors (Lipinski definition) is 4.